The van der Waals surface area contributed by atoms with Crippen LogP contribution in [0.2, 0.25) is 0 Å². The lowest BCUT2D eigenvalue weighted by atomic mass is 10.1. The summed E-state index contributed by atoms with van der Waals surface area (Å²) < 4.78 is 0. The Hall–Kier alpha value is -1.59. The molecule has 0 bridgehead atoms. The van der Waals surface area contributed by atoms with Gasteiger partial charge in [-0.25, -0.2) is 0 Å². The third kappa shape index (κ3) is 6.48. The number of carboxylic acids is 1. The van der Waals surface area contributed by atoms with Crippen molar-refractivity contribution < 1.29 is 19.5 Å². The molecule has 2 amide bonds. The Labute approximate surface area is 88.0 Å². The second-order valence-electron chi connectivity index (χ2n) is 3.20. The van der Waals surface area contributed by atoms with Crippen molar-refractivity contribution in [1.29, 1.82) is 0 Å². The Bertz CT molecular complexity index is 252. The lowest BCUT2D eigenvalue weighted by Gasteiger charge is -2.09. The number of hydrogen-bond acceptors (Lipinski definition) is 3. The van der Waals surface area contributed by atoms with Gasteiger partial charge >= 0.3 is 5.97 Å². The lowest BCUT2D eigenvalue weighted by molar-refractivity contribution is -0.137. The predicted octanol–water partition coefficient (Wildman–Crippen LogP) is -0.650. The zero-order valence-electron chi connectivity index (χ0n) is 8.87. The summed E-state index contributed by atoms with van der Waals surface area (Å²) >= 11 is 0. The number of aliphatic carboxylic acids is 1. The van der Waals surface area contributed by atoms with Crippen LogP contribution >= 0.6 is 0 Å². The van der Waals surface area contributed by atoms with Crippen LogP contribution in [0.15, 0.2) is 0 Å². The highest BCUT2D eigenvalue weighted by molar-refractivity contribution is 5.87. The Kier molecular flexibility index (Phi) is 6.08. The van der Waals surface area contributed by atoms with Crippen LogP contribution in [0, 0.1) is 5.92 Å². The van der Waals surface area contributed by atoms with Crippen molar-refractivity contribution in [2.45, 2.75) is 20.3 Å². The maximum atomic E-state index is 11.2. The molecule has 0 saturated carbocycles. The van der Waals surface area contributed by atoms with Gasteiger partial charge in [-0.3, -0.25) is 14.4 Å². The molecular formula is C9H16N2O4. The summed E-state index contributed by atoms with van der Waals surface area (Å²) in [4.78, 5) is 32.3. The minimum atomic E-state index is -1.11. The molecule has 6 heteroatoms. The average Bonchev–Trinajstić information content (AvgIpc) is 2.21. The van der Waals surface area contributed by atoms with Crippen LogP contribution in [0.1, 0.15) is 20.3 Å². The van der Waals surface area contributed by atoms with Crippen molar-refractivity contribution in [1.82, 2.24) is 10.6 Å². The maximum absolute atomic E-state index is 11.2. The highest BCUT2D eigenvalue weighted by Crippen LogP contribution is 1.98. The topological polar surface area (TPSA) is 95.5 Å². The minimum Gasteiger partial charge on any atom is -0.480 e. The SMILES string of the molecule is CCC(C)C(=O)NCC(=O)NCC(=O)O. The van der Waals surface area contributed by atoms with Crippen LogP contribution in [-0.2, 0) is 14.4 Å². The van der Waals surface area contributed by atoms with Crippen LogP contribution in [0.25, 0.3) is 0 Å². The van der Waals surface area contributed by atoms with Gasteiger partial charge in [-0.05, 0) is 6.42 Å². The van der Waals surface area contributed by atoms with Gasteiger partial charge in [0.05, 0.1) is 6.54 Å². The molecule has 0 aliphatic rings. The van der Waals surface area contributed by atoms with Crippen molar-refractivity contribution in [2.75, 3.05) is 13.1 Å². The zero-order chi connectivity index (χ0) is 11.8. The Balaban J connectivity index is 3.71. The molecule has 0 fully saturated rings. The number of rotatable bonds is 6. The van der Waals surface area contributed by atoms with Gasteiger partial charge in [0, 0.05) is 5.92 Å². The van der Waals surface area contributed by atoms with Crippen molar-refractivity contribution in [3.05, 3.63) is 0 Å². The maximum Gasteiger partial charge on any atom is 0.322 e. The average molecular weight is 216 g/mol. The molecule has 0 heterocycles. The summed E-state index contributed by atoms with van der Waals surface area (Å²) in [7, 11) is 0. The van der Waals surface area contributed by atoms with Gasteiger partial charge in [-0.1, -0.05) is 13.8 Å². The molecule has 1 atom stereocenters. The molecule has 15 heavy (non-hydrogen) atoms. The van der Waals surface area contributed by atoms with E-state index in [0.717, 1.165) is 0 Å². The van der Waals surface area contributed by atoms with Crippen molar-refractivity contribution in [3.63, 3.8) is 0 Å². The smallest absolute Gasteiger partial charge is 0.322 e. The number of carbonyl (C=O) groups is 3. The van der Waals surface area contributed by atoms with E-state index in [9.17, 15) is 14.4 Å². The van der Waals surface area contributed by atoms with E-state index >= 15 is 0 Å². The summed E-state index contributed by atoms with van der Waals surface area (Å²) in [5, 5.41) is 12.8. The van der Waals surface area contributed by atoms with E-state index in [4.69, 9.17) is 5.11 Å². The molecule has 0 aliphatic carbocycles. The van der Waals surface area contributed by atoms with E-state index in [0.29, 0.717) is 6.42 Å². The molecule has 0 spiro atoms. The second kappa shape index (κ2) is 6.80. The largest absolute Gasteiger partial charge is 0.480 e. The molecule has 86 valence electrons. The fourth-order valence-corrected chi connectivity index (χ4v) is 0.764. The van der Waals surface area contributed by atoms with Gasteiger partial charge in [0.25, 0.3) is 0 Å². The summed E-state index contributed by atoms with van der Waals surface area (Å²) in [6, 6.07) is 0. The highest BCUT2D eigenvalue weighted by atomic mass is 16.4. The van der Waals surface area contributed by atoms with E-state index in [1.54, 1.807) is 6.92 Å². The second-order valence-corrected chi connectivity index (χ2v) is 3.20. The first kappa shape index (κ1) is 13.4. The van der Waals surface area contributed by atoms with Crippen molar-refractivity contribution >= 4 is 17.8 Å². The zero-order valence-corrected chi connectivity index (χ0v) is 8.87. The number of carbonyl (C=O) groups excluding carboxylic acids is 2. The van der Waals surface area contributed by atoms with Gasteiger partial charge in [0.15, 0.2) is 0 Å². The number of carboxylic acid groups (broad SMARTS) is 1. The molecule has 3 N–H and O–H groups in total. The van der Waals surface area contributed by atoms with Gasteiger partial charge in [0.2, 0.25) is 11.8 Å². The number of hydrogen-bond donors (Lipinski definition) is 3. The lowest BCUT2D eigenvalue weighted by Crippen LogP contribution is -2.40. The molecule has 0 aromatic heterocycles. The van der Waals surface area contributed by atoms with Crippen molar-refractivity contribution in [2.24, 2.45) is 5.92 Å². The van der Waals surface area contributed by atoms with Gasteiger partial charge in [-0.15, -0.1) is 0 Å². The van der Waals surface area contributed by atoms with Crippen LogP contribution in [-0.4, -0.2) is 36.0 Å². The van der Waals surface area contributed by atoms with Crippen molar-refractivity contribution in [3.8, 4) is 0 Å². The van der Waals surface area contributed by atoms with Crippen LogP contribution < -0.4 is 10.6 Å². The van der Waals surface area contributed by atoms with E-state index in [2.05, 4.69) is 10.6 Å². The molecule has 0 aliphatic heterocycles. The summed E-state index contributed by atoms with van der Waals surface area (Å²) in [6.07, 6.45) is 0.697. The first-order chi connectivity index (χ1) is 6.97. The number of nitrogens with one attached hydrogen (secondary N) is 2. The monoisotopic (exact) mass is 216 g/mol. The number of amides is 2. The van der Waals surface area contributed by atoms with Crippen LogP contribution in [0.3, 0.4) is 0 Å². The van der Waals surface area contributed by atoms with Crippen LogP contribution in [0.4, 0.5) is 0 Å². The standard InChI is InChI=1S/C9H16N2O4/c1-3-6(2)9(15)11-4-7(12)10-5-8(13)14/h6H,3-5H2,1-2H3,(H,10,12)(H,11,15)(H,13,14). The van der Waals surface area contributed by atoms with E-state index in [1.165, 1.54) is 0 Å². The minimum absolute atomic E-state index is 0.141. The third-order valence-corrected chi connectivity index (χ3v) is 1.92. The first-order valence-electron chi connectivity index (χ1n) is 4.73. The van der Waals surface area contributed by atoms with Gasteiger partial charge in [-0.2, -0.15) is 0 Å². The summed E-state index contributed by atoms with van der Waals surface area (Å²) in [5.41, 5.74) is 0. The van der Waals surface area contributed by atoms with Gasteiger partial charge < -0.3 is 15.7 Å². The van der Waals surface area contributed by atoms with Crippen LogP contribution in [0.5, 0.6) is 0 Å². The molecular weight excluding hydrogens is 200 g/mol. The fraction of sp³-hybridized carbons (Fsp3) is 0.667. The molecule has 0 aromatic carbocycles. The third-order valence-electron chi connectivity index (χ3n) is 1.92. The normalized spacial score (nSPS) is 11.6. The fourth-order valence-electron chi connectivity index (χ4n) is 0.764. The Morgan fingerprint density at radius 2 is 1.80 bits per heavy atom. The van der Waals surface area contributed by atoms with Gasteiger partial charge in [0.1, 0.15) is 6.54 Å². The quantitative estimate of drug-likeness (QED) is 0.549. The molecule has 1 unspecified atom stereocenters. The van der Waals surface area contributed by atoms with E-state index in [-0.39, 0.29) is 18.4 Å². The molecule has 0 rings (SSSR count). The Morgan fingerprint density at radius 1 is 1.20 bits per heavy atom. The molecule has 0 radical (unpaired) electrons. The molecule has 0 saturated heterocycles. The molecule has 6 nitrogen and oxygen atoms in total. The van der Waals surface area contributed by atoms with E-state index in [1.807, 2.05) is 6.92 Å². The molecule has 0 aromatic rings. The summed E-state index contributed by atoms with van der Waals surface area (Å²) in [5.74, 6) is -1.97. The van der Waals surface area contributed by atoms with E-state index < -0.39 is 18.4 Å². The summed E-state index contributed by atoms with van der Waals surface area (Å²) in [6.45, 7) is 3.01. The first-order valence-corrected chi connectivity index (χ1v) is 4.73. The predicted molar refractivity (Wildman–Crippen MR) is 53.1 cm³/mol. The highest BCUT2D eigenvalue weighted by Gasteiger charge is 2.11. The Morgan fingerprint density at radius 3 is 2.27 bits per heavy atom.